The molecule has 0 radical (unpaired) electrons. The van der Waals surface area contributed by atoms with Gasteiger partial charge in [-0.25, -0.2) is 22.6 Å². The van der Waals surface area contributed by atoms with Gasteiger partial charge >= 0.3 is 5.97 Å². The minimum atomic E-state index is -1.58. The Kier molecular flexibility index (Phi) is 6.85. The van der Waals surface area contributed by atoms with Gasteiger partial charge in [0.15, 0.2) is 29.3 Å². The number of esters is 1. The summed E-state index contributed by atoms with van der Waals surface area (Å²) >= 11 is 0. The number of rotatable bonds is 4. The van der Waals surface area contributed by atoms with Gasteiger partial charge in [-0.15, -0.1) is 5.10 Å². The normalized spacial score (nSPS) is 29.6. The standard InChI is InChI=1S/C27H27F3N4O6/c1-26(2)37-14-20-23(40-26)22(34-13-19(32-33-34)16-10-17(28)21(30)18(29)11-16)24(27(39-20)7-3-4-9-36-27)38-25(35)15-6-5-8-31-12-15/h5-6,8,10-13,20,22-24H,3-4,7,9,14H2,1-2H3/t20-,22+,23+,24-,27+/m1/s1. The van der Waals surface area contributed by atoms with Crippen molar-refractivity contribution >= 4 is 5.97 Å². The zero-order valence-electron chi connectivity index (χ0n) is 21.8. The molecule has 0 bridgehead atoms. The maximum absolute atomic E-state index is 14.0. The first-order chi connectivity index (χ1) is 19.2. The van der Waals surface area contributed by atoms with Crippen LogP contribution in [0, 0.1) is 17.5 Å². The first-order valence-corrected chi connectivity index (χ1v) is 13.0. The van der Waals surface area contributed by atoms with E-state index in [4.69, 9.17) is 23.7 Å². The maximum Gasteiger partial charge on any atom is 0.340 e. The summed E-state index contributed by atoms with van der Waals surface area (Å²) < 4.78 is 74.0. The van der Waals surface area contributed by atoms with E-state index in [1.54, 1.807) is 26.0 Å². The maximum atomic E-state index is 14.0. The van der Waals surface area contributed by atoms with Crippen LogP contribution in [-0.4, -0.2) is 69.0 Å². The Hall–Kier alpha value is -3.39. The number of carbonyl (C=O) groups excluding carboxylic acids is 1. The number of halogens is 3. The SMILES string of the molecule is CC1(C)OC[C@H]2O[C@@]3(CCCCO3)[C@H](OC(=O)c3cccnc3)[C@@H](n3cc(-c4cc(F)c(F)c(F)c4)nn3)[C@H]2O1. The molecule has 0 aliphatic carbocycles. The Morgan fingerprint density at radius 2 is 1.93 bits per heavy atom. The highest BCUT2D eigenvalue weighted by Crippen LogP contribution is 2.47. The van der Waals surface area contributed by atoms with E-state index in [-0.39, 0.29) is 23.4 Å². The molecule has 3 aromatic rings. The van der Waals surface area contributed by atoms with E-state index in [9.17, 15) is 18.0 Å². The molecule has 212 valence electrons. The molecule has 0 amide bonds. The van der Waals surface area contributed by atoms with Crippen LogP contribution in [0.15, 0.2) is 42.9 Å². The molecule has 0 unspecified atom stereocenters. The van der Waals surface area contributed by atoms with Crippen LogP contribution in [0.2, 0.25) is 0 Å². The minimum absolute atomic E-state index is 0.0213. The highest BCUT2D eigenvalue weighted by molar-refractivity contribution is 5.89. The smallest absolute Gasteiger partial charge is 0.340 e. The number of hydrogen-bond acceptors (Lipinski definition) is 9. The molecule has 0 N–H and O–H groups in total. The highest BCUT2D eigenvalue weighted by atomic mass is 19.2. The summed E-state index contributed by atoms with van der Waals surface area (Å²) in [4.78, 5) is 17.3. The zero-order valence-corrected chi connectivity index (χ0v) is 21.8. The molecule has 40 heavy (non-hydrogen) atoms. The van der Waals surface area contributed by atoms with Crippen molar-refractivity contribution in [1.82, 2.24) is 20.0 Å². The lowest BCUT2D eigenvalue weighted by Gasteiger charge is -2.55. The molecule has 0 saturated carbocycles. The summed E-state index contributed by atoms with van der Waals surface area (Å²) in [5.74, 6) is -7.32. The number of ether oxygens (including phenoxy) is 5. The summed E-state index contributed by atoms with van der Waals surface area (Å²) in [5.41, 5.74) is 0.272. The van der Waals surface area contributed by atoms with Crippen molar-refractivity contribution in [3.63, 3.8) is 0 Å². The molecular weight excluding hydrogens is 533 g/mol. The molecule has 3 saturated heterocycles. The third kappa shape index (κ3) is 4.87. The van der Waals surface area contributed by atoms with Crippen molar-refractivity contribution in [2.75, 3.05) is 13.2 Å². The van der Waals surface area contributed by atoms with E-state index in [1.807, 2.05) is 0 Å². The summed E-state index contributed by atoms with van der Waals surface area (Å²) in [6.45, 7) is 4.03. The topological polar surface area (TPSA) is 107 Å². The summed E-state index contributed by atoms with van der Waals surface area (Å²) in [7, 11) is 0. The summed E-state index contributed by atoms with van der Waals surface area (Å²) in [6, 6.07) is 4.00. The van der Waals surface area contributed by atoms with Crippen molar-refractivity contribution in [3.05, 3.63) is 65.9 Å². The highest BCUT2D eigenvalue weighted by Gasteiger charge is 2.62. The molecule has 5 atom stereocenters. The number of hydrogen-bond donors (Lipinski definition) is 0. The van der Waals surface area contributed by atoms with Crippen LogP contribution in [0.3, 0.4) is 0 Å². The van der Waals surface area contributed by atoms with Crippen molar-refractivity contribution in [2.45, 2.75) is 69.0 Å². The van der Waals surface area contributed by atoms with E-state index in [1.165, 1.54) is 23.3 Å². The van der Waals surface area contributed by atoms with Gasteiger partial charge in [0.1, 0.15) is 23.9 Å². The first kappa shape index (κ1) is 26.8. The third-order valence-electron chi connectivity index (χ3n) is 7.31. The van der Waals surface area contributed by atoms with Gasteiger partial charge in [0.25, 0.3) is 0 Å². The van der Waals surface area contributed by atoms with Gasteiger partial charge in [-0.05, 0) is 51.0 Å². The Morgan fingerprint density at radius 3 is 2.62 bits per heavy atom. The average Bonchev–Trinajstić information content (AvgIpc) is 3.43. The molecule has 6 rings (SSSR count). The molecule has 1 spiro atoms. The summed E-state index contributed by atoms with van der Waals surface area (Å²) in [5, 5.41) is 8.33. The second-order valence-electron chi connectivity index (χ2n) is 10.5. The lowest BCUT2D eigenvalue weighted by Crippen LogP contribution is -2.69. The second kappa shape index (κ2) is 10.2. The number of pyridine rings is 1. The van der Waals surface area contributed by atoms with Crippen molar-refractivity contribution in [2.24, 2.45) is 0 Å². The van der Waals surface area contributed by atoms with Gasteiger partial charge in [-0.1, -0.05) is 5.21 Å². The minimum Gasteiger partial charge on any atom is -0.451 e. The van der Waals surface area contributed by atoms with Crippen LogP contribution in [0.4, 0.5) is 13.2 Å². The van der Waals surface area contributed by atoms with E-state index in [0.29, 0.717) is 13.0 Å². The lowest BCUT2D eigenvalue weighted by atomic mass is 9.85. The molecule has 1 aromatic carbocycles. The number of carbonyl (C=O) groups is 1. The van der Waals surface area contributed by atoms with E-state index in [2.05, 4.69) is 15.3 Å². The quantitative estimate of drug-likeness (QED) is 0.346. The molecule has 3 aliphatic heterocycles. The Morgan fingerprint density at radius 1 is 1.12 bits per heavy atom. The number of benzene rings is 1. The van der Waals surface area contributed by atoms with Gasteiger partial charge < -0.3 is 23.7 Å². The van der Waals surface area contributed by atoms with Crippen molar-refractivity contribution < 1.29 is 41.7 Å². The van der Waals surface area contributed by atoms with Gasteiger partial charge in [0.2, 0.25) is 5.79 Å². The number of fused-ring (bicyclic) bond motifs is 1. The van der Waals surface area contributed by atoms with Gasteiger partial charge in [0, 0.05) is 24.4 Å². The van der Waals surface area contributed by atoms with Crippen LogP contribution < -0.4 is 0 Å². The van der Waals surface area contributed by atoms with Crippen LogP contribution in [0.25, 0.3) is 11.3 Å². The fourth-order valence-corrected chi connectivity index (χ4v) is 5.44. The Balaban J connectivity index is 1.44. The first-order valence-electron chi connectivity index (χ1n) is 13.0. The van der Waals surface area contributed by atoms with Gasteiger partial charge in [-0.2, -0.15) is 0 Å². The van der Waals surface area contributed by atoms with Gasteiger partial charge in [-0.3, -0.25) is 4.98 Å². The number of aromatic nitrogens is 4. The molecule has 2 aromatic heterocycles. The van der Waals surface area contributed by atoms with Crippen LogP contribution >= 0.6 is 0 Å². The Bertz CT molecular complexity index is 1370. The molecule has 3 fully saturated rings. The fraction of sp³-hybridized carbons (Fsp3) is 0.481. The van der Waals surface area contributed by atoms with E-state index < -0.39 is 59.3 Å². The van der Waals surface area contributed by atoms with Crippen molar-refractivity contribution in [3.8, 4) is 11.3 Å². The van der Waals surface area contributed by atoms with Crippen LogP contribution in [-0.2, 0) is 23.7 Å². The summed E-state index contributed by atoms with van der Waals surface area (Å²) in [6.07, 6.45) is 3.86. The van der Waals surface area contributed by atoms with Crippen LogP contribution in [0.5, 0.6) is 0 Å². The van der Waals surface area contributed by atoms with Gasteiger partial charge in [0.05, 0.1) is 25.0 Å². The molecule has 10 nitrogen and oxygen atoms in total. The molecular formula is C27H27F3N4O6. The van der Waals surface area contributed by atoms with Crippen molar-refractivity contribution in [1.29, 1.82) is 0 Å². The van der Waals surface area contributed by atoms with Crippen LogP contribution in [0.1, 0.15) is 49.5 Å². The van der Waals surface area contributed by atoms with E-state index in [0.717, 1.165) is 25.0 Å². The zero-order chi connectivity index (χ0) is 28.1. The molecule has 3 aliphatic rings. The lowest BCUT2D eigenvalue weighted by molar-refractivity contribution is -0.412. The average molecular weight is 561 g/mol. The Labute approximate surface area is 227 Å². The predicted octanol–water partition coefficient (Wildman–Crippen LogP) is 3.97. The molecule has 5 heterocycles. The predicted molar refractivity (Wildman–Crippen MR) is 130 cm³/mol. The third-order valence-corrected chi connectivity index (χ3v) is 7.31. The second-order valence-corrected chi connectivity index (χ2v) is 10.5. The monoisotopic (exact) mass is 560 g/mol. The largest absolute Gasteiger partial charge is 0.451 e. The van der Waals surface area contributed by atoms with E-state index >= 15 is 0 Å². The molecule has 13 heteroatoms. The fourth-order valence-electron chi connectivity index (χ4n) is 5.44. The number of nitrogens with zero attached hydrogens (tertiary/aromatic N) is 4.